The van der Waals surface area contributed by atoms with E-state index in [1.165, 1.54) is 0 Å². The maximum Gasteiger partial charge on any atom is 0.254 e. The number of anilines is 1. The highest BCUT2D eigenvalue weighted by Gasteiger charge is 2.28. The minimum Gasteiger partial charge on any atom is -0.398 e. The number of hydrogen-bond acceptors (Lipinski definition) is 3. The van der Waals surface area contributed by atoms with Gasteiger partial charge in [-0.25, -0.2) is 0 Å². The number of nitrogen functional groups attached to an aromatic ring is 1. The number of carbonyl (C=O) groups excluding carboxylic acids is 1. The summed E-state index contributed by atoms with van der Waals surface area (Å²) < 4.78 is 0.805. The van der Waals surface area contributed by atoms with Crippen LogP contribution in [0.4, 0.5) is 5.69 Å². The van der Waals surface area contributed by atoms with Crippen LogP contribution in [0.2, 0.25) is 0 Å². The minimum atomic E-state index is -0.0311. The van der Waals surface area contributed by atoms with E-state index in [0.717, 1.165) is 35.7 Å². The van der Waals surface area contributed by atoms with E-state index in [9.17, 15) is 9.90 Å². The highest BCUT2D eigenvalue weighted by Crippen LogP contribution is 2.28. The number of halogens is 1. The summed E-state index contributed by atoms with van der Waals surface area (Å²) in [6.07, 6.45) is 4.35. The van der Waals surface area contributed by atoms with Gasteiger partial charge in [0.15, 0.2) is 0 Å². The molecule has 0 aromatic heterocycles. The second kappa shape index (κ2) is 6.59. The van der Waals surface area contributed by atoms with E-state index >= 15 is 0 Å². The van der Waals surface area contributed by atoms with Gasteiger partial charge in [-0.2, -0.15) is 0 Å². The fraction of sp³-hybridized carbons (Fsp3) is 0.533. The lowest BCUT2D eigenvalue weighted by molar-refractivity contribution is 0.0637. The van der Waals surface area contributed by atoms with Gasteiger partial charge in [0.25, 0.3) is 5.91 Å². The van der Waals surface area contributed by atoms with E-state index < -0.39 is 0 Å². The van der Waals surface area contributed by atoms with Crippen molar-refractivity contribution in [3.63, 3.8) is 0 Å². The molecule has 1 aliphatic carbocycles. The predicted molar refractivity (Wildman–Crippen MR) is 83.7 cm³/mol. The molecule has 0 bridgehead atoms. The average molecular weight is 341 g/mol. The van der Waals surface area contributed by atoms with Crippen LogP contribution in [0.1, 0.15) is 41.6 Å². The lowest BCUT2D eigenvalue weighted by Gasteiger charge is -2.29. The molecule has 0 aliphatic heterocycles. The Morgan fingerprint density at radius 3 is 2.70 bits per heavy atom. The first-order chi connectivity index (χ1) is 9.54. The summed E-state index contributed by atoms with van der Waals surface area (Å²) in [5, 5.41) is 9.24. The second-order valence-corrected chi connectivity index (χ2v) is 6.24. The van der Waals surface area contributed by atoms with Gasteiger partial charge in [-0.15, -0.1) is 0 Å². The lowest BCUT2D eigenvalue weighted by atomic mass is 10.0. The molecule has 1 aromatic rings. The van der Waals surface area contributed by atoms with Crippen LogP contribution in [0.5, 0.6) is 0 Å². The molecule has 0 heterocycles. The zero-order valence-electron chi connectivity index (χ0n) is 11.7. The molecule has 1 amide bonds. The summed E-state index contributed by atoms with van der Waals surface area (Å²) in [6.45, 7) is 2.24. The molecule has 4 nitrogen and oxygen atoms in total. The normalized spacial score (nSPS) is 15.6. The van der Waals surface area contributed by atoms with Crippen molar-refractivity contribution in [2.75, 3.05) is 18.9 Å². The predicted octanol–water partition coefficient (Wildman–Crippen LogP) is 2.72. The van der Waals surface area contributed by atoms with Gasteiger partial charge in [0.2, 0.25) is 0 Å². The van der Waals surface area contributed by atoms with Crippen LogP contribution in [-0.2, 0) is 0 Å². The molecule has 2 rings (SSSR count). The maximum atomic E-state index is 12.8. The number of rotatable bonds is 4. The average Bonchev–Trinajstić information content (AvgIpc) is 2.93. The molecule has 5 heteroatoms. The Morgan fingerprint density at radius 2 is 2.10 bits per heavy atom. The number of amides is 1. The molecule has 1 saturated carbocycles. The molecule has 1 aromatic carbocycles. The minimum absolute atomic E-state index is 0.00915. The topological polar surface area (TPSA) is 66.6 Å². The highest BCUT2D eigenvalue weighted by atomic mass is 79.9. The standard InChI is InChI=1S/C15H21BrN2O2/c1-10-13(8-11(16)9-14(10)17)15(20)18(6-7-19)12-4-2-3-5-12/h8-9,12,19H,2-7,17H2,1H3. The van der Waals surface area contributed by atoms with E-state index in [0.29, 0.717) is 17.8 Å². The van der Waals surface area contributed by atoms with Gasteiger partial charge in [-0.3, -0.25) is 4.79 Å². The van der Waals surface area contributed by atoms with Gasteiger partial charge in [0.05, 0.1) is 6.61 Å². The Kier molecular flexibility index (Phi) is 5.05. The van der Waals surface area contributed by atoms with Gasteiger partial charge in [-0.1, -0.05) is 28.8 Å². The Labute approximate surface area is 128 Å². The Balaban J connectivity index is 2.31. The summed E-state index contributed by atoms with van der Waals surface area (Å²) in [5.41, 5.74) is 7.97. The molecule has 0 saturated heterocycles. The number of aliphatic hydroxyl groups excluding tert-OH is 1. The number of nitrogens with two attached hydrogens (primary N) is 1. The first kappa shape index (κ1) is 15.3. The van der Waals surface area contributed by atoms with Crippen LogP contribution in [-0.4, -0.2) is 35.1 Å². The van der Waals surface area contributed by atoms with Gasteiger partial charge in [0, 0.05) is 28.3 Å². The summed E-state index contributed by atoms with van der Waals surface area (Å²) in [4.78, 5) is 14.6. The molecular weight excluding hydrogens is 320 g/mol. The zero-order valence-corrected chi connectivity index (χ0v) is 13.3. The largest absolute Gasteiger partial charge is 0.398 e. The molecule has 0 unspecified atom stereocenters. The van der Waals surface area contributed by atoms with Crippen LogP contribution >= 0.6 is 15.9 Å². The van der Waals surface area contributed by atoms with Crippen LogP contribution in [0.3, 0.4) is 0 Å². The number of carbonyl (C=O) groups is 1. The number of aliphatic hydroxyl groups is 1. The van der Waals surface area contributed by atoms with Crippen LogP contribution in [0.25, 0.3) is 0 Å². The first-order valence-corrected chi connectivity index (χ1v) is 7.81. The van der Waals surface area contributed by atoms with Crippen LogP contribution < -0.4 is 5.73 Å². The summed E-state index contributed by atoms with van der Waals surface area (Å²) in [6, 6.07) is 3.86. The van der Waals surface area contributed by atoms with Crippen molar-refractivity contribution in [1.82, 2.24) is 4.90 Å². The smallest absolute Gasteiger partial charge is 0.254 e. The second-order valence-electron chi connectivity index (χ2n) is 5.33. The van der Waals surface area contributed by atoms with Crippen molar-refractivity contribution in [2.24, 2.45) is 0 Å². The molecular formula is C15H21BrN2O2. The van der Waals surface area contributed by atoms with Gasteiger partial charge in [0.1, 0.15) is 0 Å². The maximum absolute atomic E-state index is 12.8. The van der Waals surface area contributed by atoms with Crippen molar-refractivity contribution in [1.29, 1.82) is 0 Å². The van der Waals surface area contributed by atoms with Crippen molar-refractivity contribution in [3.8, 4) is 0 Å². The van der Waals surface area contributed by atoms with Crippen molar-refractivity contribution in [3.05, 3.63) is 27.7 Å². The van der Waals surface area contributed by atoms with Gasteiger partial charge < -0.3 is 15.7 Å². The number of benzene rings is 1. The Hall–Kier alpha value is -1.07. The summed E-state index contributed by atoms with van der Waals surface area (Å²) >= 11 is 3.39. The first-order valence-electron chi connectivity index (χ1n) is 7.02. The van der Waals surface area contributed by atoms with Crippen molar-refractivity contribution < 1.29 is 9.90 Å². The monoisotopic (exact) mass is 340 g/mol. The molecule has 110 valence electrons. The molecule has 0 spiro atoms. The quantitative estimate of drug-likeness (QED) is 0.828. The molecule has 3 N–H and O–H groups in total. The molecule has 0 radical (unpaired) electrons. The van der Waals surface area contributed by atoms with Crippen LogP contribution in [0.15, 0.2) is 16.6 Å². The summed E-state index contributed by atoms with van der Waals surface area (Å²) in [7, 11) is 0. The third-order valence-electron chi connectivity index (χ3n) is 4.01. The van der Waals surface area contributed by atoms with Crippen LogP contribution in [0, 0.1) is 6.92 Å². The van der Waals surface area contributed by atoms with Crippen molar-refractivity contribution in [2.45, 2.75) is 38.6 Å². The highest BCUT2D eigenvalue weighted by molar-refractivity contribution is 9.10. The van der Waals surface area contributed by atoms with E-state index in [2.05, 4.69) is 15.9 Å². The van der Waals surface area contributed by atoms with Crippen molar-refractivity contribution >= 4 is 27.5 Å². The van der Waals surface area contributed by atoms with E-state index in [4.69, 9.17) is 5.73 Å². The Bertz CT molecular complexity index is 499. The molecule has 1 aliphatic rings. The SMILES string of the molecule is Cc1c(N)cc(Br)cc1C(=O)N(CCO)C1CCCC1. The van der Waals surface area contributed by atoms with E-state index in [1.807, 2.05) is 13.0 Å². The molecule has 0 atom stereocenters. The van der Waals surface area contributed by atoms with E-state index in [-0.39, 0.29) is 18.6 Å². The Morgan fingerprint density at radius 1 is 1.45 bits per heavy atom. The zero-order chi connectivity index (χ0) is 14.7. The summed E-state index contributed by atoms with van der Waals surface area (Å²) in [5.74, 6) is -0.0311. The third-order valence-corrected chi connectivity index (χ3v) is 4.47. The molecule has 1 fully saturated rings. The van der Waals surface area contributed by atoms with Gasteiger partial charge >= 0.3 is 0 Å². The van der Waals surface area contributed by atoms with E-state index in [1.54, 1.807) is 11.0 Å². The lowest BCUT2D eigenvalue weighted by Crippen LogP contribution is -2.41. The molecule has 20 heavy (non-hydrogen) atoms. The number of hydrogen-bond donors (Lipinski definition) is 2. The fourth-order valence-electron chi connectivity index (χ4n) is 2.85. The number of nitrogens with zero attached hydrogens (tertiary/aromatic N) is 1. The fourth-order valence-corrected chi connectivity index (χ4v) is 3.33. The van der Waals surface area contributed by atoms with Gasteiger partial charge in [-0.05, 0) is 37.5 Å². The third kappa shape index (κ3) is 3.15.